The minimum atomic E-state index is -0.00412. The number of hydrogen-bond donors (Lipinski definition) is 2. The van der Waals surface area contributed by atoms with Crippen LogP contribution in [-0.2, 0) is 5.41 Å². The van der Waals surface area contributed by atoms with Crippen molar-refractivity contribution < 1.29 is 4.74 Å². The molecule has 152 valence electrons. The van der Waals surface area contributed by atoms with Crippen molar-refractivity contribution in [1.82, 2.24) is 0 Å². The summed E-state index contributed by atoms with van der Waals surface area (Å²) in [7, 11) is 1.72. The SMILES string of the molecule is CCNc1ccc(/C=C/CC(C)(CC)c2cc(Cl)ccc2NCC)c(OC)c1. The first-order chi connectivity index (χ1) is 13.5. The van der Waals surface area contributed by atoms with Gasteiger partial charge in [0, 0.05) is 41.1 Å². The molecule has 0 radical (unpaired) electrons. The number of ether oxygens (including phenoxy) is 1. The van der Waals surface area contributed by atoms with Gasteiger partial charge < -0.3 is 15.4 Å². The number of halogens is 1. The van der Waals surface area contributed by atoms with Crippen LogP contribution < -0.4 is 15.4 Å². The lowest BCUT2D eigenvalue weighted by molar-refractivity contribution is 0.414. The molecule has 2 rings (SSSR count). The summed E-state index contributed by atoms with van der Waals surface area (Å²) >= 11 is 6.32. The lowest BCUT2D eigenvalue weighted by atomic mass is 9.76. The molecular formula is C24H33ClN2O. The molecule has 0 spiro atoms. The van der Waals surface area contributed by atoms with Gasteiger partial charge in [-0.1, -0.05) is 37.6 Å². The Hall–Kier alpha value is -2.13. The second-order valence-corrected chi connectivity index (χ2v) is 7.66. The highest BCUT2D eigenvalue weighted by Crippen LogP contribution is 2.38. The number of allylic oxidation sites excluding steroid dienone is 1. The van der Waals surface area contributed by atoms with E-state index in [0.29, 0.717) is 0 Å². The van der Waals surface area contributed by atoms with E-state index in [2.05, 4.69) is 74.7 Å². The average Bonchev–Trinajstić information content (AvgIpc) is 2.70. The van der Waals surface area contributed by atoms with E-state index in [1.807, 2.05) is 12.1 Å². The summed E-state index contributed by atoms with van der Waals surface area (Å²) in [4.78, 5) is 0. The fourth-order valence-corrected chi connectivity index (χ4v) is 3.59. The van der Waals surface area contributed by atoms with E-state index in [-0.39, 0.29) is 5.41 Å². The molecule has 0 aliphatic carbocycles. The van der Waals surface area contributed by atoms with Gasteiger partial charge in [0.2, 0.25) is 0 Å². The van der Waals surface area contributed by atoms with Gasteiger partial charge in [0.1, 0.15) is 5.75 Å². The van der Waals surface area contributed by atoms with Gasteiger partial charge in [-0.15, -0.1) is 0 Å². The van der Waals surface area contributed by atoms with Gasteiger partial charge >= 0.3 is 0 Å². The van der Waals surface area contributed by atoms with Crippen molar-refractivity contribution >= 4 is 29.1 Å². The Bertz CT molecular complexity index is 803. The summed E-state index contributed by atoms with van der Waals surface area (Å²) in [6.07, 6.45) is 6.33. The van der Waals surface area contributed by atoms with Crippen LogP contribution in [0.5, 0.6) is 5.75 Å². The maximum atomic E-state index is 6.32. The van der Waals surface area contributed by atoms with E-state index in [0.717, 1.165) is 53.6 Å². The van der Waals surface area contributed by atoms with E-state index < -0.39 is 0 Å². The number of benzene rings is 2. The fraction of sp³-hybridized carbons (Fsp3) is 0.417. The van der Waals surface area contributed by atoms with Crippen LogP contribution in [0.4, 0.5) is 11.4 Å². The highest BCUT2D eigenvalue weighted by molar-refractivity contribution is 6.30. The van der Waals surface area contributed by atoms with E-state index in [4.69, 9.17) is 16.3 Å². The smallest absolute Gasteiger partial charge is 0.128 e. The van der Waals surface area contributed by atoms with Gasteiger partial charge in [-0.3, -0.25) is 0 Å². The Kier molecular flexibility index (Phi) is 8.25. The number of methoxy groups -OCH3 is 1. The molecule has 0 bridgehead atoms. The molecule has 0 aliphatic heterocycles. The summed E-state index contributed by atoms with van der Waals surface area (Å²) in [5.41, 5.74) is 4.58. The van der Waals surface area contributed by atoms with Crippen molar-refractivity contribution in [2.24, 2.45) is 0 Å². The van der Waals surface area contributed by atoms with Crippen LogP contribution in [0.15, 0.2) is 42.5 Å². The second kappa shape index (κ2) is 10.4. The van der Waals surface area contributed by atoms with Crippen molar-refractivity contribution in [1.29, 1.82) is 0 Å². The van der Waals surface area contributed by atoms with Crippen LogP contribution in [0.25, 0.3) is 6.08 Å². The zero-order valence-corrected chi connectivity index (χ0v) is 18.5. The highest BCUT2D eigenvalue weighted by Gasteiger charge is 2.26. The predicted molar refractivity (Wildman–Crippen MR) is 124 cm³/mol. The molecule has 2 aromatic rings. The zero-order chi connectivity index (χ0) is 20.6. The Morgan fingerprint density at radius 1 is 1.04 bits per heavy atom. The maximum Gasteiger partial charge on any atom is 0.128 e. The molecule has 0 amide bonds. The number of rotatable bonds is 10. The third-order valence-electron chi connectivity index (χ3n) is 5.26. The van der Waals surface area contributed by atoms with Crippen molar-refractivity contribution in [2.45, 2.75) is 46.0 Å². The molecule has 2 N–H and O–H groups in total. The monoisotopic (exact) mass is 400 g/mol. The van der Waals surface area contributed by atoms with Gasteiger partial charge in [-0.2, -0.15) is 0 Å². The Balaban J connectivity index is 2.27. The number of hydrogen-bond acceptors (Lipinski definition) is 3. The molecule has 0 saturated heterocycles. The van der Waals surface area contributed by atoms with Gasteiger partial charge in [0.05, 0.1) is 7.11 Å². The van der Waals surface area contributed by atoms with E-state index in [9.17, 15) is 0 Å². The van der Waals surface area contributed by atoms with Crippen molar-refractivity contribution in [3.05, 3.63) is 58.6 Å². The van der Waals surface area contributed by atoms with Crippen LogP contribution in [0.2, 0.25) is 5.02 Å². The van der Waals surface area contributed by atoms with Gasteiger partial charge in [0.25, 0.3) is 0 Å². The molecule has 0 saturated carbocycles. The first-order valence-electron chi connectivity index (χ1n) is 10.1. The molecular weight excluding hydrogens is 368 g/mol. The molecule has 2 aromatic carbocycles. The summed E-state index contributed by atoms with van der Waals surface area (Å²) in [5.74, 6) is 0.879. The van der Waals surface area contributed by atoms with Gasteiger partial charge in [-0.05, 0) is 68.0 Å². The lowest BCUT2D eigenvalue weighted by Gasteiger charge is -2.30. The molecule has 0 fully saturated rings. The molecule has 4 heteroatoms. The van der Waals surface area contributed by atoms with Crippen LogP contribution in [0, 0.1) is 0 Å². The van der Waals surface area contributed by atoms with Crippen molar-refractivity contribution in [3.63, 3.8) is 0 Å². The molecule has 0 heterocycles. The van der Waals surface area contributed by atoms with Crippen LogP contribution in [-0.4, -0.2) is 20.2 Å². The molecule has 3 nitrogen and oxygen atoms in total. The topological polar surface area (TPSA) is 33.3 Å². The summed E-state index contributed by atoms with van der Waals surface area (Å²) < 4.78 is 5.57. The standard InChI is InChI=1S/C24H33ClN2O/c1-6-24(4,21-16-19(25)12-14-22(21)27-8-3)15-9-10-18-11-13-20(26-7-2)17-23(18)28-5/h9-14,16-17,26-27H,6-8,15H2,1-5H3/b10-9+. The fourth-order valence-electron chi connectivity index (χ4n) is 3.41. The largest absolute Gasteiger partial charge is 0.496 e. The maximum absolute atomic E-state index is 6.32. The first-order valence-corrected chi connectivity index (χ1v) is 10.5. The normalized spacial score (nSPS) is 13.4. The molecule has 0 aromatic heterocycles. The van der Waals surface area contributed by atoms with E-state index >= 15 is 0 Å². The van der Waals surface area contributed by atoms with Gasteiger partial charge in [-0.25, -0.2) is 0 Å². The molecule has 0 aliphatic rings. The summed E-state index contributed by atoms with van der Waals surface area (Å²) in [6, 6.07) is 12.4. The minimum Gasteiger partial charge on any atom is -0.496 e. The minimum absolute atomic E-state index is 0.00412. The highest BCUT2D eigenvalue weighted by atomic mass is 35.5. The summed E-state index contributed by atoms with van der Waals surface area (Å²) in [5, 5.41) is 7.58. The lowest BCUT2D eigenvalue weighted by Crippen LogP contribution is -2.22. The predicted octanol–water partition coefficient (Wildman–Crippen LogP) is 6.98. The number of nitrogens with one attached hydrogen (secondary N) is 2. The van der Waals surface area contributed by atoms with Crippen LogP contribution in [0.1, 0.15) is 51.7 Å². The van der Waals surface area contributed by atoms with E-state index in [1.165, 1.54) is 5.56 Å². The summed E-state index contributed by atoms with van der Waals surface area (Å²) in [6.45, 7) is 10.5. The zero-order valence-electron chi connectivity index (χ0n) is 17.7. The van der Waals surface area contributed by atoms with Gasteiger partial charge in [0.15, 0.2) is 0 Å². The third-order valence-corrected chi connectivity index (χ3v) is 5.49. The molecule has 1 unspecified atom stereocenters. The Morgan fingerprint density at radius 3 is 2.43 bits per heavy atom. The number of anilines is 2. The first kappa shape index (κ1) is 22.2. The quantitative estimate of drug-likeness (QED) is 0.451. The second-order valence-electron chi connectivity index (χ2n) is 7.23. The van der Waals surface area contributed by atoms with Crippen LogP contribution in [0.3, 0.4) is 0 Å². The van der Waals surface area contributed by atoms with Crippen molar-refractivity contribution in [2.75, 3.05) is 30.8 Å². The molecule has 28 heavy (non-hydrogen) atoms. The molecule has 1 atom stereocenters. The average molecular weight is 401 g/mol. The van der Waals surface area contributed by atoms with Crippen molar-refractivity contribution in [3.8, 4) is 5.75 Å². The van der Waals surface area contributed by atoms with Crippen LogP contribution >= 0.6 is 11.6 Å². The third kappa shape index (κ3) is 5.45. The Morgan fingerprint density at radius 2 is 1.79 bits per heavy atom. The van der Waals surface area contributed by atoms with E-state index in [1.54, 1.807) is 7.11 Å². The Labute approximate surface area is 175 Å².